The number of nitrogens with zero attached hydrogens (tertiary/aromatic N) is 4. The van der Waals surface area contributed by atoms with Crippen molar-refractivity contribution in [3.8, 4) is 5.75 Å². The Morgan fingerprint density at radius 3 is 2.47 bits per heavy atom. The number of carbonyl (C=O) groups excluding carboxylic acids is 3. The van der Waals surface area contributed by atoms with Crippen molar-refractivity contribution in [1.82, 2.24) is 25.5 Å². The van der Waals surface area contributed by atoms with Crippen LogP contribution in [0.15, 0.2) is 36.7 Å². The maximum atomic E-state index is 13.9. The highest BCUT2D eigenvalue weighted by Crippen LogP contribution is 2.35. The number of hydrogen-bond donors (Lipinski definition) is 4. The molecule has 2 aromatic carbocycles. The van der Waals surface area contributed by atoms with Crippen LogP contribution in [0.4, 0.5) is 22.9 Å². The molecule has 0 unspecified atom stereocenters. The number of aromatic nitrogens is 2. The Kier molecular flexibility index (Phi) is 11.5. The van der Waals surface area contributed by atoms with E-state index in [4.69, 9.17) is 16.3 Å². The quantitative estimate of drug-likeness (QED) is 0.211. The molecule has 0 bridgehead atoms. The normalized spacial score (nSPS) is 16.0. The standard InChI is InChI=1S/C34H47ClN8O4/c1-9-42(10-2)26-14-13-21(16-23(26)35)39-30-22-17-25(28(47-8)18-24(22)37-19-38-30)40-32(45)27-12-11-15-43(27)33(46)29(34(4,5)6)41-31(44)20(3)36-7/h13-14,16-20,27,29,36H,9-12,15H2,1-8H3,(H,40,45)(H,41,44)(H,37,38,39)/t20-,27-,29+/m0/s1. The van der Waals surface area contributed by atoms with E-state index in [0.717, 1.165) is 24.5 Å². The van der Waals surface area contributed by atoms with Crippen LogP contribution in [-0.4, -0.2) is 84.5 Å². The van der Waals surface area contributed by atoms with Gasteiger partial charge in [0.15, 0.2) is 0 Å². The summed E-state index contributed by atoms with van der Waals surface area (Å²) in [7, 11) is 3.20. The molecule has 1 saturated heterocycles. The van der Waals surface area contributed by atoms with Crippen LogP contribution in [0.3, 0.4) is 0 Å². The Balaban J connectivity index is 1.60. The van der Waals surface area contributed by atoms with Gasteiger partial charge in [0.1, 0.15) is 30.0 Å². The monoisotopic (exact) mass is 666 g/mol. The van der Waals surface area contributed by atoms with Gasteiger partial charge in [-0.2, -0.15) is 0 Å². The zero-order valence-corrected chi connectivity index (χ0v) is 29.3. The van der Waals surface area contributed by atoms with Gasteiger partial charge in [-0.1, -0.05) is 32.4 Å². The van der Waals surface area contributed by atoms with Gasteiger partial charge in [0.25, 0.3) is 0 Å². The number of carbonyl (C=O) groups is 3. The second-order valence-electron chi connectivity index (χ2n) is 12.8. The lowest BCUT2D eigenvalue weighted by atomic mass is 9.85. The molecular weight excluding hydrogens is 620 g/mol. The van der Waals surface area contributed by atoms with Crippen LogP contribution in [0.2, 0.25) is 5.02 Å². The van der Waals surface area contributed by atoms with Crippen molar-refractivity contribution >= 4 is 63.1 Å². The second-order valence-corrected chi connectivity index (χ2v) is 13.2. The molecule has 1 aromatic heterocycles. The Bertz CT molecular complexity index is 1610. The Morgan fingerprint density at radius 1 is 1.13 bits per heavy atom. The van der Waals surface area contributed by atoms with Gasteiger partial charge in [-0.05, 0) is 70.3 Å². The van der Waals surface area contributed by atoms with Crippen LogP contribution in [0.25, 0.3) is 10.9 Å². The number of halogens is 1. The van der Waals surface area contributed by atoms with Crippen molar-refractivity contribution < 1.29 is 19.1 Å². The van der Waals surface area contributed by atoms with Crippen LogP contribution in [0.1, 0.15) is 54.4 Å². The maximum Gasteiger partial charge on any atom is 0.247 e. The van der Waals surface area contributed by atoms with E-state index in [1.807, 2.05) is 39.0 Å². The number of amides is 3. The molecule has 0 aliphatic carbocycles. The molecule has 47 heavy (non-hydrogen) atoms. The van der Waals surface area contributed by atoms with E-state index in [9.17, 15) is 14.4 Å². The van der Waals surface area contributed by atoms with Crippen LogP contribution >= 0.6 is 11.6 Å². The van der Waals surface area contributed by atoms with Gasteiger partial charge < -0.3 is 35.8 Å². The average Bonchev–Trinajstić information content (AvgIpc) is 3.54. The minimum atomic E-state index is -0.810. The third-order valence-electron chi connectivity index (χ3n) is 8.59. The van der Waals surface area contributed by atoms with Gasteiger partial charge in [0.05, 0.1) is 35.1 Å². The van der Waals surface area contributed by atoms with E-state index in [1.54, 1.807) is 31.0 Å². The lowest BCUT2D eigenvalue weighted by molar-refractivity contribution is -0.143. The number of anilines is 4. The smallest absolute Gasteiger partial charge is 0.247 e. The molecule has 13 heteroatoms. The molecule has 3 amide bonds. The number of fused-ring (bicyclic) bond motifs is 1. The molecule has 2 heterocycles. The predicted molar refractivity (Wildman–Crippen MR) is 188 cm³/mol. The summed E-state index contributed by atoms with van der Waals surface area (Å²) in [6.45, 7) is 13.7. The summed E-state index contributed by atoms with van der Waals surface area (Å²) in [4.78, 5) is 53.1. The largest absolute Gasteiger partial charge is 0.494 e. The summed E-state index contributed by atoms with van der Waals surface area (Å²) in [5.74, 6) is 0.0237. The maximum absolute atomic E-state index is 13.9. The van der Waals surface area contributed by atoms with E-state index < -0.39 is 23.5 Å². The third-order valence-corrected chi connectivity index (χ3v) is 8.90. The van der Waals surface area contributed by atoms with E-state index in [1.165, 1.54) is 13.4 Å². The summed E-state index contributed by atoms with van der Waals surface area (Å²) >= 11 is 6.64. The van der Waals surface area contributed by atoms with Crippen molar-refractivity contribution in [2.75, 3.05) is 49.3 Å². The van der Waals surface area contributed by atoms with Crippen molar-refractivity contribution in [3.63, 3.8) is 0 Å². The Hall–Kier alpha value is -4.16. The molecule has 12 nitrogen and oxygen atoms in total. The fourth-order valence-corrected chi connectivity index (χ4v) is 6.02. The lowest BCUT2D eigenvalue weighted by Crippen LogP contribution is -2.59. The number of ether oxygens (including phenoxy) is 1. The van der Waals surface area contributed by atoms with Crippen molar-refractivity contribution in [2.45, 2.75) is 72.5 Å². The number of rotatable bonds is 12. The number of likely N-dealkylation sites (tertiary alicyclic amines) is 1. The first kappa shape index (κ1) is 35.7. The first-order chi connectivity index (χ1) is 22.3. The summed E-state index contributed by atoms with van der Waals surface area (Å²) in [5, 5.41) is 13.4. The molecule has 1 aliphatic rings. The summed E-state index contributed by atoms with van der Waals surface area (Å²) in [5.41, 5.74) is 2.15. The van der Waals surface area contributed by atoms with Gasteiger partial charge in [0, 0.05) is 36.8 Å². The van der Waals surface area contributed by atoms with Crippen LogP contribution in [-0.2, 0) is 14.4 Å². The summed E-state index contributed by atoms with van der Waals surface area (Å²) < 4.78 is 5.63. The summed E-state index contributed by atoms with van der Waals surface area (Å²) in [6, 6.07) is 7.27. The first-order valence-electron chi connectivity index (χ1n) is 16.1. The Morgan fingerprint density at radius 2 is 1.85 bits per heavy atom. The minimum absolute atomic E-state index is 0.282. The molecule has 254 valence electrons. The van der Waals surface area contributed by atoms with Gasteiger partial charge in [-0.3, -0.25) is 14.4 Å². The predicted octanol–water partition coefficient (Wildman–Crippen LogP) is 4.95. The lowest BCUT2D eigenvalue weighted by Gasteiger charge is -2.36. The van der Waals surface area contributed by atoms with Crippen LogP contribution in [0.5, 0.6) is 5.75 Å². The van der Waals surface area contributed by atoms with Crippen LogP contribution < -0.4 is 30.9 Å². The number of nitrogens with one attached hydrogen (secondary N) is 4. The molecule has 4 rings (SSSR count). The highest BCUT2D eigenvalue weighted by atomic mass is 35.5. The van der Waals surface area contributed by atoms with E-state index >= 15 is 0 Å². The van der Waals surface area contributed by atoms with Crippen molar-refractivity contribution in [1.29, 1.82) is 0 Å². The highest BCUT2D eigenvalue weighted by Gasteiger charge is 2.42. The molecular formula is C34H47ClN8O4. The zero-order chi connectivity index (χ0) is 34.5. The summed E-state index contributed by atoms with van der Waals surface area (Å²) in [6.07, 6.45) is 2.61. The number of methoxy groups -OCH3 is 1. The molecule has 0 saturated carbocycles. The van der Waals surface area contributed by atoms with Crippen molar-refractivity contribution in [2.24, 2.45) is 5.41 Å². The van der Waals surface area contributed by atoms with Crippen molar-refractivity contribution in [3.05, 3.63) is 41.7 Å². The third kappa shape index (κ3) is 8.05. The first-order valence-corrected chi connectivity index (χ1v) is 16.4. The van der Waals surface area contributed by atoms with Gasteiger partial charge >= 0.3 is 0 Å². The topological polar surface area (TPSA) is 141 Å². The zero-order valence-electron chi connectivity index (χ0n) is 28.5. The van der Waals surface area contributed by atoms with Gasteiger partial charge in [-0.15, -0.1) is 0 Å². The molecule has 0 spiro atoms. The van der Waals surface area contributed by atoms with E-state index in [-0.39, 0.29) is 17.7 Å². The average molecular weight is 667 g/mol. The molecule has 1 fully saturated rings. The second kappa shape index (κ2) is 15.2. The molecule has 4 N–H and O–H groups in total. The highest BCUT2D eigenvalue weighted by molar-refractivity contribution is 6.33. The number of benzene rings is 2. The fraction of sp³-hybridized carbons (Fsp3) is 0.500. The van der Waals surface area contributed by atoms with E-state index in [0.29, 0.717) is 52.6 Å². The molecule has 3 aromatic rings. The SMILES string of the molecule is CCN(CC)c1ccc(Nc2ncnc3cc(OC)c(NC(=O)[C@@H]4CCCN4C(=O)[C@@H](NC(=O)[C@H](C)NC)C(C)(C)C)cc23)cc1Cl. The van der Waals surface area contributed by atoms with Gasteiger partial charge in [0.2, 0.25) is 17.7 Å². The fourth-order valence-electron chi connectivity index (χ4n) is 5.72. The Labute approximate surface area is 282 Å². The van der Waals surface area contributed by atoms with E-state index in [2.05, 4.69) is 50.0 Å². The molecule has 3 atom stereocenters. The number of hydrogen-bond acceptors (Lipinski definition) is 9. The molecule has 1 aliphatic heterocycles. The minimum Gasteiger partial charge on any atom is -0.494 e. The van der Waals surface area contributed by atoms with Gasteiger partial charge in [-0.25, -0.2) is 9.97 Å². The molecule has 0 radical (unpaired) electrons. The number of likely N-dealkylation sites (N-methyl/N-ethyl adjacent to an activating group) is 1. The van der Waals surface area contributed by atoms with Crippen LogP contribution in [0, 0.1) is 5.41 Å².